The maximum absolute atomic E-state index is 14.9. The fourth-order valence-corrected chi connectivity index (χ4v) is 4.30. The zero-order chi connectivity index (χ0) is 27.9. The van der Waals surface area contributed by atoms with Crippen molar-refractivity contribution in [2.75, 3.05) is 33.4 Å². The molecule has 10 heteroatoms. The van der Waals surface area contributed by atoms with E-state index in [4.69, 9.17) is 18.9 Å². The smallest absolute Gasteiger partial charge is 0.347 e. The summed E-state index contributed by atoms with van der Waals surface area (Å²) in [5.74, 6) is -1.31. The van der Waals surface area contributed by atoms with Gasteiger partial charge in [-0.2, -0.15) is 4.39 Å². The van der Waals surface area contributed by atoms with E-state index < -0.39 is 17.4 Å². The van der Waals surface area contributed by atoms with E-state index in [9.17, 15) is 19.1 Å². The van der Waals surface area contributed by atoms with Crippen molar-refractivity contribution in [2.45, 2.75) is 58.7 Å². The molecule has 2 aromatic rings. The molecular formula is C28H37FN2O7. The highest BCUT2D eigenvalue weighted by Gasteiger charge is 2.31. The molecule has 0 unspecified atom stereocenters. The van der Waals surface area contributed by atoms with Crippen LogP contribution in [0.25, 0.3) is 0 Å². The number of carbonyl (C=O) groups excluding carboxylic acids is 1. The third-order valence-corrected chi connectivity index (χ3v) is 6.28. The number of aliphatic carboxylic acids is 1. The van der Waals surface area contributed by atoms with Crippen LogP contribution in [0.4, 0.5) is 4.39 Å². The van der Waals surface area contributed by atoms with E-state index in [-0.39, 0.29) is 54.5 Å². The van der Waals surface area contributed by atoms with Crippen molar-refractivity contribution < 1.29 is 38.0 Å². The first kappa shape index (κ1) is 29.0. The fraction of sp³-hybridized carbons (Fsp3) is 0.500. The standard InChI is InChI=1S/C28H37FN2O7/c1-6-36-23-12-18(13-24(25(23)29)37-7-2)17-31(20-8-10-30-11-9-20)26(32)19-14-21(35-5)16-22(15-19)38-28(3,4)27(33)34/h12-16,20,30H,6-11,17H2,1-5H3,(H,33,34). The third kappa shape index (κ3) is 7.06. The van der Waals surface area contributed by atoms with Crippen molar-refractivity contribution in [2.24, 2.45) is 0 Å². The predicted molar refractivity (Wildman–Crippen MR) is 140 cm³/mol. The van der Waals surface area contributed by atoms with Gasteiger partial charge in [0.05, 0.1) is 20.3 Å². The highest BCUT2D eigenvalue weighted by Crippen LogP contribution is 2.32. The van der Waals surface area contributed by atoms with Gasteiger partial charge in [-0.25, -0.2) is 4.79 Å². The number of rotatable bonds is 12. The highest BCUT2D eigenvalue weighted by molar-refractivity contribution is 5.95. The minimum atomic E-state index is -1.51. The van der Waals surface area contributed by atoms with E-state index in [0.29, 0.717) is 11.3 Å². The Labute approximate surface area is 222 Å². The van der Waals surface area contributed by atoms with Crippen LogP contribution in [0.3, 0.4) is 0 Å². The summed E-state index contributed by atoms with van der Waals surface area (Å²) in [5.41, 5.74) is -0.561. The van der Waals surface area contributed by atoms with Crippen molar-refractivity contribution >= 4 is 11.9 Å². The summed E-state index contributed by atoms with van der Waals surface area (Å²) in [7, 11) is 1.46. The molecule has 1 aliphatic rings. The van der Waals surface area contributed by atoms with Crippen LogP contribution in [-0.4, -0.2) is 66.9 Å². The van der Waals surface area contributed by atoms with Gasteiger partial charge in [-0.3, -0.25) is 4.79 Å². The van der Waals surface area contributed by atoms with Crippen LogP contribution in [0.5, 0.6) is 23.0 Å². The lowest BCUT2D eigenvalue weighted by molar-refractivity contribution is -0.152. The molecule has 0 aromatic heterocycles. The summed E-state index contributed by atoms with van der Waals surface area (Å²) in [4.78, 5) is 27.4. The first-order valence-corrected chi connectivity index (χ1v) is 12.8. The molecule has 9 nitrogen and oxygen atoms in total. The molecule has 2 N–H and O–H groups in total. The zero-order valence-electron chi connectivity index (χ0n) is 22.6. The lowest BCUT2D eigenvalue weighted by Crippen LogP contribution is -2.45. The minimum absolute atomic E-state index is 0.0686. The van der Waals surface area contributed by atoms with Crippen LogP contribution >= 0.6 is 0 Å². The number of nitrogens with one attached hydrogen (secondary N) is 1. The highest BCUT2D eigenvalue weighted by atomic mass is 19.1. The van der Waals surface area contributed by atoms with Crippen LogP contribution in [0.15, 0.2) is 30.3 Å². The summed E-state index contributed by atoms with van der Waals surface area (Å²) >= 11 is 0. The Morgan fingerprint density at radius 2 is 1.61 bits per heavy atom. The second-order valence-electron chi connectivity index (χ2n) is 9.50. The monoisotopic (exact) mass is 532 g/mol. The molecule has 0 saturated carbocycles. The maximum atomic E-state index is 14.9. The van der Waals surface area contributed by atoms with Crippen molar-refractivity contribution in [3.63, 3.8) is 0 Å². The van der Waals surface area contributed by atoms with E-state index in [2.05, 4.69) is 5.32 Å². The number of piperidine rings is 1. The number of benzene rings is 2. The predicted octanol–water partition coefficient (Wildman–Crippen LogP) is 4.27. The number of carbonyl (C=O) groups is 2. The second-order valence-corrected chi connectivity index (χ2v) is 9.50. The van der Waals surface area contributed by atoms with Crippen LogP contribution < -0.4 is 24.3 Å². The summed E-state index contributed by atoms with van der Waals surface area (Å²) in [6, 6.07) is 7.77. The van der Waals surface area contributed by atoms with Crippen LogP contribution in [0.1, 0.15) is 56.5 Å². The number of hydrogen-bond donors (Lipinski definition) is 2. The number of methoxy groups -OCH3 is 1. The van der Waals surface area contributed by atoms with Crippen molar-refractivity contribution in [3.8, 4) is 23.0 Å². The van der Waals surface area contributed by atoms with Gasteiger partial charge in [0.15, 0.2) is 17.1 Å². The molecule has 0 atom stereocenters. The van der Waals surface area contributed by atoms with Crippen molar-refractivity contribution in [3.05, 3.63) is 47.3 Å². The summed E-state index contributed by atoms with van der Waals surface area (Å²) in [6.45, 7) is 8.66. The molecule has 1 amide bonds. The quantitative estimate of drug-likeness (QED) is 0.418. The number of carboxylic acids is 1. The van der Waals surface area contributed by atoms with E-state index in [1.807, 2.05) is 0 Å². The summed E-state index contributed by atoms with van der Waals surface area (Å²) in [6.07, 6.45) is 1.48. The molecule has 0 bridgehead atoms. The number of ether oxygens (including phenoxy) is 4. The largest absolute Gasteiger partial charge is 0.497 e. The van der Waals surface area contributed by atoms with Crippen LogP contribution in [0, 0.1) is 5.82 Å². The van der Waals surface area contributed by atoms with E-state index in [1.165, 1.54) is 27.0 Å². The Balaban J connectivity index is 2.02. The first-order chi connectivity index (χ1) is 18.1. The van der Waals surface area contributed by atoms with Crippen molar-refractivity contribution in [1.29, 1.82) is 0 Å². The lowest BCUT2D eigenvalue weighted by atomic mass is 10.0. The second kappa shape index (κ2) is 12.8. The average Bonchev–Trinajstić information content (AvgIpc) is 2.89. The molecule has 0 radical (unpaired) electrons. The van der Waals surface area contributed by atoms with Crippen LogP contribution in [0.2, 0.25) is 0 Å². The summed E-state index contributed by atoms with van der Waals surface area (Å²) < 4.78 is 36.9. The Hall–Kier alpha value is -3.53. The van der Waals surface area contributed by atoms with Crippen molar-refractivity contribution in [1.82, 2.24) is 10.2 Å². The molecule has 1 fully saturated rings. The van der Waals surface area contributed by atoms with E-state index >= 15 is 0 Å². The van der Waals surface area contributed by atoms with Gasteiger partial charge in [0, 0.05) is 24.2 Å². The Morgan fingerprint density at radius 3 is 2.13 bits per heavy atom. The molecule has 208 valence electrons. The molecule has 0 aliphatic carbocycles. The molecule has 3 rings (SSSR count). The molecule has 0 spiro atoms. The average molecular weight is 533 g/mol. The Morgan fingerprint density at radius 1 is 1.03 bits per heavy atom. The van der Waals surface area contributed by atoms with Gasteiger partial charge >= 0.3 is 5.97 Å². The Kier molecular flexibility index (Phi) is 9.79. The molecule has 1 heterocycles. The minimum Gasteiger partial charge on any atom is -0.497 e. The van der Waals surface area contributed by atoms with Gasteiger partial charge in [-0.1, -0.05) is 0 Å². The number of hydrogen-bond acceptors (Lipinski definition) is 7. The fourth-order valence-electron chi connectivity index (χ4n) is 4.30. The molecule has 2 aromatic carbocycles. The van der Waals surface area contributed by atoms with E-state index in [0.717, 1.165) is 25.9 Å². The van der Waals surface area contributed by atoms with Gasteiger partial charge in [-0.15, -0.1) is 0 Å². The number of carboxylic acid groups (broad SMARTS) is 1. The number of halogens is 1. The van der Waals surface area contributed by atoms with Crippen LogP contribution in [-0.2, 0) is 11.3 Å². The van der Waals surface area contributed by atoms with Gasteiger partial charge in [0.1, 0.15) is 11.5 Å². The van der Waals surface area contributed by atoms with Gasteiger partial charge in [0.25, 0.3) is 5.91 Å². The maximum Gasteiger partial charge on any atom is 0.347 e. The normalized spacial score (nSPS) is 14.1. The van der Waals surface area contributed by atoms with Gasteiger partial charge < -0.3 is 34.3 Å². The molecule has 1 saturated heterocycles. The lowest BCUT2D eigenvalue weighted by Gasteiger charge is -2.35. The Bertz CT molecular complexity index is 1110. The third-order valence-electron chi connectivity index (χ3n) is 6.28. The van der Waals surface area contributed by atoms with Gasteiger partial charge in [0.2, 0.25) is 5.82 Å². The number of amides is 1. The topological polar surface area (TPSA) is 107 Å². The first-order valence-electron chi connectivity index (χ1n) is 12.8. The zero-order valence-corrected chi connectivity index (χ0v) is 22.6. The summed E-state index contributed by atoms with van der Waals surface area (Å²) in [5, 5.41) is 12.8. The molecule has 1 aliphatic heterocycles. The molecule has 38 heavy (non-hydrogen) atoms. The van der Waals surface area contributed by atoms with E-state index in [1.54, 1.807) is 43.0 Å². The SMILES string of the molecule is CCOc1cc(CN(C(=O)c2cc(OC)cc(OC(C)(C)C(=O)O)c2)C2CCNCC2)cc(OCC)c1F. The molecular weight excluding hydrogens is 495 g/mol. The van der Waals surface area contributed by atoms with Gasteiger partial charge in [-0.05, 0) is 83.5 Å². The number of nitrogens with zero attached hydrogens (tertiary/aromatic N) is 1.